The zero-order chi connectivity index (χ0) is 19.4. The first-order valence-electron chi connectivity index (χ1n) is 9.85. The van der Waals surface area contributed by atoms with E-state index < -0.39 is 0 Å². The Labute approximate surface area is 161 Å². The van der Waals surface area contributed by atoms with Crippen molar-refractivity contribution in [3.8, 4) is 0 Å². The van der Waals surface area contributed by atoms with E-state index in [9.17, 15) is 9.18 Å². The molecule has 2 aromatic rings. The van der Waals surface area contributed by atoms with E-state index in [1.165, 1.54) is 17.7 Å². The number of halogens is 1. The number of carbonyl (C=O) groups excluding carboxylic acids is 1. The Morgan fingerprint density at radius 3 is 2.41 bits per heavy atom. The fourth-order valence-electron chi connectivity index (χ4n) is 4.35. The highest BCUT2D eigenvalue weighted by Gasteiger charge is 2.41. The molecular formula is C24H29FO2. The third-order valence-corrected chi connectivity index (χ3v) is 6.04. The topological polar surface area (TPSA) is 26.3 Å². The van der Waals surface area contributed by atoms with Crippen molar-refractivity contribution in [2.75, 3.05) is 0 Å². The van der Waals surface area contributed by atoms with E-state index in [1.807, 2.05) is 6.07 Å². The van der Waals surface area contributed by atoms with Gasteiger partial charge in [0.15, 0.2) is 0 Å². The van der Waals surface area contributed by atoms with E-state index in [-0.39, 0.29) is 35.6 Å². The van der Waals surface area contributed by atoms with E-state index in [0.29, 0.717) is 5.92 Å². The molecule has 144 valence electrons. The second kappa shape index (κ2) is 8.24. The molecule has 0 unspecified atom stereocenters. The van der Waals surface area contributed by atoms with Crippen LogP contribution < -0.4 is 0 Å². The Hall–Kier alpha value is -2.16. The van der Waals surface area contributed by atoms with Gasteiger partial charge in [0.2, 0.25) is 0 Å². The summed E-state index contributed by atoms with van der Waals surface area (Å²) in [4.78, 5) is 12.6. The van der Waals surface area contributed by atoms with Crippen LogP contribution in [0.2, 0.25) is 0 Å². The van der Waals surface area contributed by atoms with Crippen molar-refractivity contribution in [2.45, 2.75) is 58.0 Å². The summed E-state index contributed by atoms with van der Waals surface area (Å²) in [5, 5.41) is 0. The van der Waals surface area contributed by atoms with Crippen LogP contribution in [0.1, 0.15) is 51.2 Å². The van der Waals surface area contributed by atoms with E-state index in [0.717, 1.165) is 24.8 Å². The highest BCUT2D eigenvalue weighted by molar-refractivity contribution is 5.72. The predicted molar refractivity (Wildman–Crippen MR) is 106 cm³/mol. The molecule has 1 aliphatic carbocycles. The molecule has 0 aliphatic heterocycles. The van der Waals surface area contributed by atoms with Crippen molar-refractivity contribution in [3.05, 3.63) is 71.5 Å². The molecule has 1 aliphatic rings. The third-order valence-electron chi connectivity index (χ3n) is 6.04. The smallest absolute Gasteiger partial charge is 0.310 e. The van der Waals surface area contributed by atoms with Crippen LogP contribution in [-0.2, 0) is 21.4 Å². The molecule has 0 heterocycles. The molecule has 1 fully saturated rings. The van der Waals surface area contributed by atoms with Crippen molar-refractivity contribution < 1.29 is 13.9 Å². The Morgan fingerprint density at radius 2 is 1.74 bits per heavy atom. The second-order valence-corrected chi connectivity index (χ2v) is 8.44. The molecule has 0 bridgehead atoms. The molecular weight excluding hydrogens is 339 g/mol. The highest BCUT2D eigenvalue weighted by atomic mass is 19.1. The molecule has 0 amide bonds. The number of carbonyl (C=O) groups is 1. The summed E-state index contributed by atoms with van der Waals surface area (Å²) >= 11 is 0. The summed E-state index contributed by atoms with van der Waals surface area (Å²) in [5.74, 6) is 0.317. The Balaban J connectivity index is 1.74. The second-order valence-electron chi connectivity index (χ2n) is 8.44. The molecule has 3 heteroatoms. The largest absolute Gasteiger partial charge is 0.462 e. The minimum absolute atomic E-state index is 0.0672. The van der Waals surface area contributed by atoms with Gasteiger partial charge in [0.25, 0.3) is 0 Å². The van der Waals surface area contributed by atoms with Gasteiger partial charge in [-0.2, -0.15) is 0 Å². The molecule has 0 spiro atoms. The van der Waals surface area contributed by atoms with Gasteiger partial charge < -0.3 is 4.74 Å². The van der Waals surface area contributed by atoms with Crippen LogP contribution in [0.25, 0.3) is 0 Å². The fourth-order valence-corrected chi connectivity index (χ4v) is 4.35. The molecule has 0 saturated heterocycles. The lowest BCUT2D eigenvalue weighted by molar-refractivity contribution is -0.155. The Bertz CT molecular complexity index is 752. The van der Waals surface area contributed by atoms with Gasteiger partial charge in [-0.05, 0) is 47.4 Å². The average molecular weight is 368 g/mol. The summed E-state index contributed by atoms with van der Waals surface area (Å²) in [7, 11) is 0. The van der Waals surface area contributed by atoms with Crippen LogP contribution >= 0.6 is 0 Å². The number of esters is 1. The quantitative estimate of drug-likeness (QED) is 0.633. The van der Waals surface area contributed by atoms with Crippen molar-refractivity contribution in [1.29, 1.82) is 0 Å². The summed E-state index contributed by atoms with van der Waals surface area (Å²) in [6.45, 7) is 6.74. The Morgan fingerprint density at radius 1 is 1.07 bits per heavy atom. The molecule has 2 aromatic carbocycles. The standard InChI is InChI=1S/C24H29FO2/c1-17-9-14-21(24(2,3)19-7-5-4-6-8-19)22(15-17)27-23(26)16-18-10-12-20(25)13-11-18/h4-8,10-13,17,21-22H,9,14-16H2,1-3H3/t17-,21-,22-/m1/s1. The van der Waals surface area contributed by atoms with E-state index in [4.69, 9.17) is 4.74 Å². The fraction of sp³-hybridized carbons (Fsp3) is 0.458. The van der Waals surface area contributed by atoms with Crippen LogP contribution in [-0.4, -0.2) is 12.1 Å². The summed E-state index contributed by atoms with van der Waals surface area (Å²) < 4.78 is 19.1. The molecule has 1 saturated carbocycles. The maximum absolute atomic E-state index is 13.1. The van der Waals surface area contributed by atoms with Gasteiger partial charge in [-0.3, -0.25) is 4.79 Å². The molecule has 27 heavy (non-hydrogen) atoms. The van der Waals surface area contributed by atoms with Crippen LogP contribution in [0.4, 0.5) is 4.39 Å². The maximum Gasteiger partial charge on any atom is 0.310 e. The van der Waals surface area contributed by atoms with Gasteiger partial charge in [-0.15, -0.1) is 0 Å². The number of benzene rings is 2. The minimum atomic E-state index is -0.294. The van der Waals surface area contributed by atoms with Gasteiger partial charge in [0, 0.05) is 5.92 Å². The number of rotatable bonds is 5. The lowest BCUT2D eigenvalue weighted by Gasteiger charge is -2.44. The summed E-state index contributed by atoms with van der Waals surface area (Å²) in [6, 6.07) is 16.5. The molecule has 3 rings (SSSR count). The molecule has 2 nitrogen and oxygen atoms in total. The lowest BCUT2D eigenvalue weighted by Crippen LogP contribution is -2.43. The van der Waals surface area contributed by atoms with Gasteiger partial charge in [-0.25, -0.2) is 4.39 Å². The van der Waals surface area contributed by atoms with E-state index >= 15 is 0 Å². The van der Waals surface area contributed by atoms with Crippen LogP contribution in [0.15, 0.2) is 54.6 Å². The molecule has 0 aromatic heterocycles. The normalized spacial score (nSPS) is 23.0. The zero-order valence-electron chi connectivity index (χ0n) is 16.5. The Kier molecular flexibility index (Phi) is 5.98. The predicted octanol–water partition coefficient (Wildman–Crippen LogP) is 5.69. The van der Waals surface area contributed by atoms with Crippen LogP contribution in [0.5, 0.6) is 0 Å². The number of ether oxygens (including phenoxy) is 1. The van der Waals surface area contributed by atoms with Gasteiger partial charge in [0.1, 0.15) is 11.9 Å². The van der Waals surface area contributed by atoms with Crippen LogP contribution in [0, 0.1) is 17.7 Å². The zero-order valence-corrected chi connectivity index (χ0v) is 16.5. The highest BCUT2D eigenvalue weighted by Crippen LogP contribution is 2.43. The summed E-state index contributed by atoms with van der Waals surface area (Å²) in [6.07, 6.45) is 3.21. The van der Waals surface area contributed by atoms with Crippen molar-refractivity contribution in [2.24, 2.45) is 11.8 Å². The summed E-state index contributed by atoms with van der Waals surface area (Å²) in [5.41, 5.74) is 2.00. The van der Waals surface area contributed by atoms with Crippen molar-refractivity contribution in [3.63, 3.8) is 0 Å². The SMILES string of the molecule is C[C@@H]1CC[C@@H](C(C)(C)c2ccccc2)[C@H](OC(=O)Cc2ccc(F)cc2)C1. The van der Waals surface area contributed by atoms with Gasteiger partial charge in [0.05, 0.1) is 6.42 Å². The number of hydrogen-bond donors (Lipinski definition) is 0. The van der Waals surface area contributed by atoms with E-state index in [2.05, 4.69) is 45.0 Å². The molecule has 3 atom stereocenters. The van der Waals surface area contributed by atoms with Crippen molar-refractivity contribution >= 4 is 5.97 Å². The van der Waals surface area contributed by atoms with Gasteiger partial charge in [-0.1, -0.05) is 69.7 Å². The van der Waals surface area contributed by atoms with Gasteiger partial charge >= 0.3 is 5.97 Å². The first kappa shape index (κ1) is 19.6. The average Bonchev–Trinajstić information content (AvgIpc) is 2.64. The molecule has 0 radical (unpaired) electrons. The van der Waals surface area contributed by atoms with E-state index in [1.54, 1.807) is 12.1 Å². The number of hydrogen-bond acceptors (Lipinski definition) is 2. The maximum atomic E-state index is 13.1. The molecule has 0 N–H and O–H groups in total. The van der Waals surface area contributed by atoms with Crippen molar-refractivity contribution in [1.82, 2.24) is 0 Å². The minimum Gasteiger partial charge on any atom is -0.462 e. The first-order chi connectivity index (χ1) is 12.9. The third kappa shape index (κ3) is 4.77. The van der Waals surface area contributed by atoms with Crippen LogP contribution in [0.3, 0.4) is 0 Å². The monoisotopic (exact) mass is 368 g/mol. The lowest BCUT2D eigenvalue weighted by atomic mass is 9.64. The first-order valence-corrected chi connectivity index (χ1v) is 9.85.